The molecular weight excluding hydrogens is 370 g/mol. The fourth-order valence-electron chi connectivity index (χ4n) is 3.11. The van der Waals surface area contributed by atoms with Crippen molar-refractivity contribution in [2.45, 2.75) is 52.3 Å². The molecule has 1 aliphatic heterocycles. The maximum atomic E-state index is 12.5. The van der Waals surface area contributed by atoms with Gasteiger partial charge in [-0.2, -0.15) is 0 Å². The van der Waals surface area contributed by atoms with Crippen molar-refractivity contribution in [1.82, 2.24) is 14.9 Å². The predicted molar refractivity (Wildman–Crippen MR) is 112 cm³/mol. The molecule has 1 saturated heterocycles. The second-order valence-electron chi connectivity index (χ2n) is 8.34. The number of hydrogen-bond acceptors (Lipinski definition) is 4. The fraction of sp³-hybridized carbons (Fsp3) is 0.476. The average Bonchev–Trinajstić information content (AvgIpc) is 3.36. The largest absolute Gasteiger partial charge is 0.368 e. The lowest BCUT2D eigenvalue weighted by Crippen LogP contribution is -2.47. The van der Waals surface area contributed by atoms with Gasteiger partial charge in [0.1, 0.15) is 6.10 Å². The average molecular weight is 399 g/mol. The Bertz CT molecular complexity index is 806. The lowest BCUT2D eigenvalue weighted by molar-refractivity contribution is -0.124. The summed E-state index contributed by atoms with van der Waals surface area (Å²) in [5.74, 6) is -0.131. The number of urea groups is 1. The summed E-state index contributed by atoms with van der Waals surface area (Å²) < 4.78 is 7.33. The number of anilines is 2. The molecule has 0 saturated carbocycles. The minimum absolute atomic E-state index is 0.0818. The Morgan fingerprint density at radius 1 is 1.21 bits per heavy atom. The number of aromatic nitrogens is 2. The van der Waals surface area contributed by atoms with Crippen LogP contribution in [0.3, 0.4) is 0 Å². The summed E-state index contributed by atoms with van der Waals surface area (Å²) in [6.45, 7) is 7.51. The summed E-state index contributed by atoms with van der Waals surface area (Å²) in [5.41, 5.74) is 1.19. The number of imidazole rings is 1. The van der Waals surface area contributed by atoms with Crippen LogP contribution in [0, 0.1) is 5.41 Å². The summed E-state index contributed by atoms with van der Waals surface area (Å²) >= 11 is 0. The van der Waals surface area contributed by atoms with E-state index in [0.717, 1.165) is 12.8 Å². The molecule has 8 nitrogen and oxygen atoms in total. The first-order chi connectivity index (χ1) is 13.8. The first-order valence-corrected chi connectivity index (χ1v) is 9.87. The van der Waals surface area contributed by atoms with Crippen LogP contribution >= 0.6 is 0 Å². The van der Waals surface area contributed by atoms with Crippen LogP contribution < -0.4 is 16.0 Å². The molecule has 3 rings (SSSR count). The van der Waals surface area contributed by atoms with Crippen molar-refractivity contribution in [3.8, 4) is 0 Å². The van der Waals surface area contributed by atoms with Gasteiger partial charge in [-0.1, -0.05) is 20.8 Å². The molecule has 2 atom stereocenters. The Morgan fingerprint density at radius 2 is 1.90 bits per heavy atom. The smallest absolute Gasteiger partial charge is 0.319 e. The third-order valence-electron chi connectivity index (χ3n) is 4.94. The van der Waals surface area contributed by atoms with E-state index in [1.54, 1.807) is 36.8 Å². The number of nitrogens with one attached hydrogen (secondary N) is 3. The highest BCUT2D eigenvalue weighted by molar-refractivity contribution is 5.95. The summed E-state index contributed by atoms with van der Waals surface area (Å²) in [5, 5.41) is 8.73. The normalized spacial score (nSPS) is 17.6. The number of nitrogens with zero attached hydrogens (tertiary/aromatic N) is 2. The van der Waals surface area contributed by atoms with Crippen molar-refractivity contribution >= 4 is 23.3 Å². The molecule has 0 spiro atoms. The monoisotopic (exact) mass is 399 g/mol. The Balaban J connectivity index is 1.54. The number of benzene rings is 1. The van der Waals surface area contributed by atoms with Crippen molar-refractivity contribution in [2.24, 2.45) is 5.41 Å². The molecule has 1 fully saturated rings. The van der Waals surface area contributed by atoms with Gasteiger partial charge in [0.25, 0.3) is 5.91 Å². The number of carbonyl (C=O) groups is 2. The summed E-state index contributed by atoms with van der Waals surface area (Å²) in [6.07, 6.45) is 6.62. The van der Waals surface area contributed by atoms with Gasteiger partial charge in [0.05, 0.1) is 12.4 Å². The minimum atomic E-state index is -0.372. The summed E-state index contributed by atoms with van der Waals surface area (Å²) in [4.78, 5) is 28.7. The fourth-order valence-corrected chi connectivity index (χ4v) is 3.11. The van der Waals surface area contributed by atoms with E-state index in [-0.39, 0.29) is 29.5 Å². The number of rotatable bonds is 6. The first kappa shape index (κ1) is 20.9. The van der Waals surface area contributed by atoms with E-state index in [0.29, 0.717) is 24.5 Å². The molecule has 1 aromatic heterocycles. The van der Waals surface area contributed by atoms with Gasteiger partial charge in [0, 0.05) is 36.9 Å². The quantitative estimate of drug-likeness (QED) is 0.695. The topological polar surface area (TPSA) is 97.3 Å². The van der Waals surface area contributed by atoms with Crippen molar-refractivity contribution in [2.75, 3.05) is 17.2 Å². The molecule has 3 N–H and O–H groups in total. The Labute approximate surface area is 171 Å². The number of hydrogen-bond donors (Lipinski definition) is 3. The van der Waals surface area contributed by atoms with Gasteiger partial charge in [-0.05, 0) is 42.5 Å². The highest BCUT2D eigenvalue weighted by Crippen LogP contribution is 2.21. The van der Waals surface area contributed by atoms with Gasteiger partial charge in [-0.25, -0.2) is 9.78 Å². The zero-order valence-corrected chi connectivity index (χ0v) is 17.1. The first-order valence-electron chi connectivity index (χ1n) is 9.87. The van der Waals surface area contributed by atoms with Gasteiger partial charge in [0.2, 0.25) is 0 Å². The van der Waals surface area contributed by atoms with Crippen LogP contribution in [0.1, 0.15) is 33.6 Å². The van der Waals surface area contributed by atoms with E-state index < -0.39 is 0 Å². The molecule has 156 valence electrons. The second kappa shape index (κ2) is 9.09. The van der Waals surface area contributed by atoms with E-state index in [4.69, 9.17) is 4.74 Å². The van der Waals surface area contributed by atoms with Crippen LogP contribution in [0.15, 0.2) is 43.0 Å². The molecule has 8 heteroatoms. The standard InChI is InChI=1S/C21H29N5O3/c1-21(2,3)18(13-26-11-10-22-14-26)25-20(28)24-16-8-6-15(7-9-16)23-19(27)17-5-4-12-29-17/h6-11,14,17-18H,4-5,12-13H2,1-3H3,(H,23,27)(H2,24,25,28)/t17-,18+/m1/s1. The molecular formula is C21H29N5O3. The molecule has 2 aromatic rings. The maximum Gasteiger partial charge on any atom is 0.319 e. The van der Waals surface area contributed by atoms with Gasteiger partial charge in [0.15, 0.2) is 0 Å². The molecule has 0 aliphatic carbocycles. The molecule has 0 radical (unpaired) electrons. The molecule has 29 heavy (non-hydrogen) atoms. The van der Waals surface area contributed by atoms with E-state index in [1.807, 2.05) is 10.8 Å². The van der Waals surface area contributed by atoms with Crippen LogP contribution in [0.4, 0.5) is 16.2 Å². The lowest BCUT2D eigenvalue weighted by atomic mass is 9.86. The maximum absolute atomic E-state index is 12.5. The highest BCUT2D eigenvalue weighted by atomic mass is 16.5. The van der Waals surface area contributed by atoms with Crippen molar-refractivity contribution in [3.05, 3.63) is 43.0 Å². The Kier molecular flexibility index (Phi) is 6.53. The van der Waals surface area contributed by atoms with Crippen molar-refractivity contribution in [1.29, 1.82) is 0 Å². The number of amides is 3. The second-order valence-corrected chi connectivity index (χ2v) is 8.34. The zero-order chi connectivity index (χ0) is 20.9. The third-order valence-corrected chi connectivity index (χ3v) is 4.94. The van der Waals surface area contributed by atoms with Gasteiger partial charge in [-0.15, -0.1) is 0 Å². The van der Waals surface area contributed by atoms with Crippen LogP contribution in [-0.2, 0) is 16.1 Å². The van der Waals surface area contributed by atoms with Crippen LogP contribution in [0.5, 0.6) is 0 Å². The van der Waals surface area contributed by atoms with Gasteiger partial charge >= 0.3 is 6.03 Å². The van der Waals surface area contributed by atoms with Gasteiger partial charge < -0.3 is 25.3 Å². The van der Waals surface area contributed by atoms with E-state index >= 15 is 0 Å². The highest BCUT2D eigenvalue weighted by Gasteiger charge is 2.27. The van der Waals surface area contributed by atoms with Crippen molar-refractivity contribution < 1.29 is 14.3 Å². The summed E-state index contributed by atoms with van der Waals surface area (Å²) in [7, 11) is 0. The lowest BCUT2D eigenvalue weighted by Gasteiger charge is -2.31. The number of carbonyl (C=O) groups excluding carboxylic acids is 2. The van der Waals surface area contributed by atoms with Crippen LogP contribution in [-0.4, -0.2) is 40.2 Å². The molecule has 1 aromatic carbocycles. The van der Waals surface area contributed by atoms with Crippen molar-refractivity contribution in [3.63, 3.8) is 0 Å². The zero-order valence-electron chi connectivity index (χ0n) is 17.1. The van der Waals surface area contributed by atoms with E-state index in [9.17, 15) is 9.59 Å². The molecule has 2 heterocycles. The minimum Gasteiger partial charge on any atom is -0.368 e. The number of ether oxygens (including phenoxy) is 1. The predicted octanol–water partition coefficient (Wildman–Crippen LogP) is 3.24. The van der Waals surface area contributed by atoms with Gasteiger partial charge in [-0.3, -0.25) is 4.79 Å². The van der Waals surface area contributed by atoms with Crippen LogP contribution in [0.2, 0.25) is 0 Å². The summed E-state index contributed by atoms with van der Waals surface area (Å²) in [6, 6.07) is 6.67. The molecule has 0 unspecified atom stereocenters. The van der Waals surface area contributed by atoms with E-state index in [1.165, 1.54) is 0 Å². The van der Waals surface area contributed by atoms with Crippen LogP contribution in [0.25, 0.3) is 0 Å². The van der Waals surface area contributed by atoms with E-state index in [2.05, 4.69) is 41.7 Å². The third kappa shape index (κ3) is 6.05. The molecule has 1 aliphatic rings. The Morgan fingerprint density at radius 3 is 2.45 bits per heavy atom. The molecule has 0 bridgehead atoms. The molecule has 3 amide bonds. The SMILES string of the molecule is CC(C)(C)[C@H](Cn1ccnc1)NC(=O)Nc1ccc(NC(=O)[C@H]2CCCO2)cc1. The Hall–Kier alpha value is -2.87.